The van der Waals surface area contributed by atoms with Crippen LogP contribution in [0.1, 0.15) is 44.3 Å². The van der Waals surface area contributed by atoms with Crippen LogP contribution in [0.25, 0.3) is 0 Å². The third-order valence-corrected chi connectivity index (χ3v) is 5.97. The third-order valence-electron chi connectivity index (χ3n) is 5.97. The molecule has 1 aromatic rings. The Bertz CT molecular complexity index is 467. The smallest absolute Gasteiger partial charge is 0.0951 e. The lowest BCUT2D eigenvalue weighted by atomic mass is 9.77. The highest BCUT2D eigenvalue weighted by Gasteiger charge is 2.39. The zero-order valence-electron chi connectivity index (χ0n) is 12.5. The van der Waals surface area contributed by atoms with Crippen molar-refractivity contribution in [1.29, 1.82) is 0 Å². The van der Waals surface area contributed by atoms with Crippen molar-refractivity contribution >= 4 is 0 Å². The molecule has 20 heavy (non-hydrogen) atoms. The van der Waals surface area contributed by atoms with Gasteiger partial charge >= 0.3 is 0 Å². The van der Waals surface area contributed by atoms with Crippen molar-refractivity contribution in [2.45, 2.75) is 44.1 Å². The largest absolute Gasteiger partial charge is 0.329 e. The van der Waals surface area contributed by atoms with Gasteiger partial charge in [-0.1, -0.05) is 6.92 Å². The third kappa shape index (κ3) is 2.01. The van der Waals surface area contributed by atoms with Crippen molar-refractivity contribution in [3.05, 3.63) is 18.2 Å². The number of hydrogen-bond acceptors (Lipinski definition) is 3. The van der Waals surface area contributed by atoms with E-state index in [9.17, 15) is 0 Å². The zero-order chi connectivity index (χ0) is 13.6. The van der Waals surface area contributed by atoms with Crippen molar-refractivity contribution in [2.75, 3.05) is 32.7 Å². The van der Waals surface area contributed by atoms with Gasteiger partial charge in [0, 0.05) is 23.9 Å². The van der Waals surface area contributed by atoms with Crippen molar-refractivity contribution in [3.63, 3.8) is 0 Å². The maximum Gasteiger partial charge on any atom is 0.0951 e. The van der Waals surface area contributed by atoms with Crippen LogP contribution in [-0.2, 0) is 5.41 Å². The molecule has 1 aromatic heterocycles. The van der Waals surface area contributed by atoms with Gasteiger partial charge in [0.1, 0.15) is 0 Å². The lowest BCUT2D eigenvalue weighted by Crippen LogP contribution is -2.49. The molecule has 110 valence electrons. The zero-order valence-corrected chi connectivity index (χ0v) is 12.5. The number of rotatable bonds is 2. The van der Waals surface area contributed by atoms with E-state index in [0.717, 1.165) is 19.0 Å². The van der Waals surface area contributed by atoms with Crippen LogP contribution in [-0.4, -0.2) is 47.2 Å². The Morgan fingerprint density at radius 3 is 2.65 bits per heavy atom. The molecule has 1 N–H and O–H groups in total. The van der Waals surface area contributed by atoms with E-state index < -0.39 is 0 Å². The molecule has 0 amide bonds. The van der Waals surface area contributed by atoms with Crippen LogP contribution in [0.2, 0.25) is 0 Å². The topological polar surface area (TPSA) is 33.1 Å². The van der Waals surface area contributed by atoms with E-state index in [1.807, 2.05) is 0 Å². The maximum atomic E-state index is 4.53. The summed E-state index contributed by atoms with van der Waals surface area (Å²) in [6, 6.07) is 0.668. The standard InChI is InChI=1S/C16H26N4/c1-16(4-6-17-7-5-16)15-10-18-12-20(15)14-11-19-8-2-13(14)3-9-19/h10,12-14,17H,2-9,11H2,1H3. The molecule has 0 aromatic carbocycles. The van der Waals surface area contributed by atoms with Crippen LogP contribution in [0.15, 0.2) is 12.5 Å². The summed E-state index contributed by atoms with van der Waals surface area (Å²) in [7, 11) is 0. The van der Waals surface area contributed by atoms with Crippen LogP contribution in [0.4, 0.5) is 0 Å². The molecule has 0 saturated carbocycles. The lowest BCUT2D eigenvalue weighted by Gasteiger charge is -2.47. The van der Waals surface area contributed by atoms with Gasteiger partial charge in [-0.2, -0.15) is 0 Å². The molecular weight excluding hydrogens is 248 g/mol. The number of nitrogens with one attached hydrogen (secondary N) is 1. The van der Waals surface area contributed by atoms with Gasteiger partial charge in [0.15, 0.2) is 0 Å². The van der Waals surface area contributed by atoms with Gasteiger partial charge < -0.3 is 14.8 Å². The second kappa shape index (κ2) is 4.85. The Balaban J connectivity index is 1.65. The van der Waals surface area contributed by atoms with Gasteiger partial charge in [-0.15, -0.1) is 0 Å². The molecule has 1 atom stereocenters. The molecule has 1 unspecified atom stereocenters. The summed E-state index contributed by atoms with van der Waals surface area (Å²) in [6.45, 7) is 8.58. The Hall–Kier alpha value is -0.870. The second-order valence-electron chi connectivity index (χ2n) is 7.20. The molecule has 4 aliphatic heterocycles. The van der Waals surface area contributed by atoms with Gasteiger partial charge in [0.05, 0.1) is 12.4 Å². The maximum absolute atomic E-state index is 4.53. The van der Waals surface area contributed by atoms with Crippen molar-refractivity contribution in [1.82, 2.24) is 19.8 Å². The molecule has 4 saturated heterocycles. The second-order valence-corrected chi connectivity index (χ2v) is 7.20. The Kier molecular flexibility index (Phi) is 3.11. The first-order chi connectivity index (χ1) is 9.76. The molecule has 5 rings (SSSR count). The van der Waals surface area contributed by atoms with Crippen LogP contribution in [0.3, 0.4) is 0 Å². The lowest BCUT2D eigenvalue weighted by molar-refractivity contribution is 0.0537. The Morgan fingerprint density at radius 2 is 2.00 bits per heavy atom. The van der Waals surface area contributed by atoms with E-state index in [2.05, 4.69) is 39.2 Å². The SMILES string of the molecule is CC1(c2cncn2C2CN3CCC2CC3)CCNCC1. The number of aromatic nitrogens is 2. The average Bonchev–Trinajstić information content (AvgIpc) is 2.99. The summed E-state index contributed by atoms with van der Waals surface area (Å²) in [5, 5.41) is 3.49. The summed E-state index contributed by atoms with van der Waals surface area (Å²) >= 11 is 0. The molecule has 5 heterocycles. The summed E-state index contributed by atoms with van der Waals surface area (Å²) in [5.41, 5.74) is 1.80. The molecule has 4 fully saturated rings. The van der Waals surface area contributed by atoms with Gasteiger partial charge in [0.25, 0.3) is 0 Å². The van der Waals surface area contributed by atoms with E-state index in [0.29, 0.717) is 11.5 Å². The molecule has 2 bridgehead atoms. The highest BCUT2D eigenvalue weighted by Crippen LogP contribution is 2.40. The molecule has 0 spiro atoms. The van der Waals surface area contributed by atoms with Gasteiger partial charge in [-0.3, -0.25) is 0 Å². The molecule has 4 nitrogen and oxygen atoms in total. The summed E-state index contributed by atoms with van der Waals surface area (Å²) in [4.78, 5) is 7.16. The molecular formula is C16H26N4. The summed E-state index contributed by atoms with van der Waals surface area (Å²) in [5.74, 6) is 0.873. The quantitative estimate of drug-likeness (QED) is 0.892. The summed E-state index contributed by atoms with van der Waals surface area (Å²) in [6.07, 6.45) is 9.47. The Labute approximate surface area is 121 Å². The average molecular weight is 274 g/mol. The first-order valence-electron chi connectivity index (χ1n) is 8.22. The molecule has 0 aliphatic carbocycles. The van der Waals surface area contributed by atoms with E-state index in [1.54, 1.807) is 0 Å². The first kappa shape index (κ1) is 12.8. The fourth-order valence-electron chi connectivity index (χ4n) is 4.52. The van der Waals surface area contributed by atoms with E-state index in [4.69, 9.17) is 0 Å². The summed E-state index contributed by atoms with van der Waals surface area (Å²) < 4.78 is 2.54. The minimum absolute atomic E-state index is 0.313. The van der Waals surface area contributed by atoms with Gasteiger partial charge in [-0.05, 0) is 57.8 Å². The molecule has 4 aliphatic rings. The number of hydrogen-bond donors (Lipinski definition) is 1. The van der Waals surface area contributed by atoms with Gasteiger partial charge in [0.2, 0.25) is 0 Å². The Morgan fingerprint density at radius 1 is 1.25 bits per heavy atom. The number of piperidine rings is 4. The fourth-order valence-corrected chi connectivity index (χ4v) is 4.52. The van der Waals surface area contributed by atoms with Gasteiger partial charge in [-0.25, -0.2) is 4.98 Å². The highest BCUT2D eigenvalue weighted by atomic mass is 15.2. The van der Waals surface area contributed by atoms with E-state index in [1.165, 1.54) is 51.0 Å². The van der Waals surface area contributed by atoms with Crippen LogP contribution < -0.4 is 5.32 Å². The fraction of sp³-hybridized carbons (Fsp3) is 0.812. The molecule has 0 radical (unpaired) electrons. The van der Waals surface area contributed by atoms with E-state index in [-0.39, 0.29) is 0 Å². The number of imidazole rings is 1. The van der Waals surface area contributed by atoms with Crippen molar-refractivity contribution in [3.8, 4) is 0 Å². The minimum atomic E-state index is 0.313. The first-order valence-corrected chi connectivity index (χ1v) is 8.22. The highest BCUT2D eigenvalue weighted by molar-refractivity contribution is 5.17. The number of nitrogens with zero attached hydrogens (tertiary/aromatic N) is 3. The van der Waals surface area contributed by atoms with Crippen LogP contribution in [0, 0.1) is 5.92 Å². The normalized spacial score (nSPS) is 36.1. The number of fused-ring (bicyclic) bond motifs is 3. The van der Waals surface area contributed by atoms with Crippen molar-refractivity contribution in [2.24, 2.45) is 5.92 Å². The van der Waals surface area contributed by atoms with E-state index >= 15 is 0 Å². The monoisotopic (exact) mass is 274 g/mol. The predicted octanol–water partition coefficient (Wildman–Crippen LogP) is 1.79. The van der Waals surface area contributed by atoms with Crippen LogP contribution >= 0.6 is 0 Å². The minimum Gasteiger partial charge on any atom is -0.329 e. The van der Waals surface area contributed by atoms with Crippen LogP contribution in [0.5, 0.6) is 0 Å². The van der Waals surface area contributed by atoms with Crippen molar-refractivity contribution < 1.29 is 0 Å². The molecule has 4 heteroatoms. The predicted molar refractivity (Wildman–Crippen MR) is 79.9 cm³/mol.